The molecule has 10 heteroatoms. The number of pyridine rings is 1. The fraction of sp³-hybridized carbons (Fsp3) is 0.429. The molecular formula is C21H30KN3O5S. The molecule has 0 aliphatic carbocycles. The van der Waals surface area contributed by atoms with Crippen LogP contribution in [0.1, 0.15) is 30.7 Å². The van der Waals surface area contributed by atoms with Crippen LogP contribution in [-0.4, -0.2) is 51.8 Å². The number of imidazole rings is 1. The normalized spacial score (nSPS) is 10.7. The second kappa shape index (κ2) is 15.9. The van der Waals surface area contributed by atoms with Crippen LogP contribution in [-0.2, 0) is 16.6 Å². The summed E-state index contributed by atoms with van der Waals surface area (Å²) in [6, 6.07) is 5.39. The maximum atomic E-state index is 12.6. The molecule has 3 aromatic rings. The van der Waals surface area contributed by atoms with E-state index in [4.69, 9.17) is 19.7 Å². The zero-order valence-corrected chi connectivity index (χ0v) is 23.2. The van der Waals surface area contributed by atoms with E-state index in [0.29, 0.717) is 21.9 Å². The van der Waals surface area contributed by atoms with Crippen molar-refractivity contribution in [2.75, 3.05) is 27.4 Å². The largest absolute Gasteiger partial charge is 1.00 e. The van der Waals surface area contributed by atoms with E-state index in [1.807, 2.05) is 13.8 Å². The van der Waals surface area contributed by atoms with Crippen molar-refractivity contribution in [1.29, 1.82) is 0 Å². The third-order valence-electron chi connectivity index (χ3n) is 3.84. The molecule has 0 spiro atoms. The van der Waals surface area contributed by atoms with Gasteiger partial charge in [-0.2, -0.15) is 0 Å². The smallest absolute Gasteiger partial charge is 0.497 e. The molecule has 166 valence electrons. The van der Waals surface area contributed by atoms with Crippen LogP contribution >= 0.6 is 0 Å². The first-order chi connectivity index (χ1) is 14.4. The average Bonchev–Trinajstić information content (AvgIpc) is 3.15. The van der Waals surface area contributed by atoms with E-state index in [1.54, 1.807) is 52.5 Å². The van der Waals surface area contributed by atoms with Crippen LogP contribution in [0.25, 0.3) is 11.0 Å². The Balaban J connectivity index is 0.00000116. The molecule has 8 nitrogen and oxygen atoms in total. The number of hydrogen-bond donors (Lipinski definition) is 2. The molecule has 0 saturated heterocycles. The monoisotopic (exact) mass is 475 g/mol. The molecule has 0 amide bonds. The number of aliphatic hydroxyl groups excluding tert-OH is 2. The minimum Gasteiger partial charge on any atom is -0.497 e. The van der Waals surface area contributed by atoms with Crippen molar-refractivity contribution in [2.45, 2.75) is 38.6 Å². The molecule has 31 heavy (non-hydrogen) atoms. The number of rotatable bonds is 5. The summed E-state index contributed by atoms with van der Waals surface area (Å²) in [5.74, 6) is 1.71. The van der Waals surface area contributed by atoms with Crippen molar-refractivity contribution >= 4 is 21.8 Å². The van der Waals surface area contributed by atoms with Crippen LogP contribution in [0.5, 0.6) is 11.5 Å². The van der Waals surface area contributed by atoms with Crippen LogP contribution in [0, 0.1) is 13.8 Å². The van der Waals surface area contributed by atoms with Crippen LogP contribution < -0.4 is 65.8 Å². The van der Waals surface area contributed by atoms with E-state index in [-0.39, 0.29) is 70.4 Å². The number of aliphatic hydroxyl groups is 2. The predicted molar refractivity (Wildman–Crippen MR) is 118 cm³/mol. The summed E-state index contributed by atoms with van der Waals surface area (Å²) in [5.41, 5.74) is 3.94. The van der Waals surface area contributed by atoms with Gasteiger partial charge in [0.15, 0.2) is 0 Å². The first-order valence-electron chi connectivity index (χ1n) is 9.44. The van der Waals surface area contributed by atoms with Gasteiger partial charge < -0.3 is 29.7 Å². The van der Waals surface area contributed by atoms with Crippen molar-refractivity contribution in [3.05, 3.63) is 41.2 Å². The van der Waals surface area contributed by atoms with E-state index < -0.39 is 10.8 Å². The van der Waals surface area contributed by atoms with E-state index in [1.165, 1.54) is 0 Å². The van der Waals surface area contributed by atoms with E-state index in [0.717, 1.165) is 22.6 Å². The van der Waals surface area contributed by atoms with E-state index in [2.05, 4.69) is 15.0 Å². The second-order valence-electron chi connectivity index (χ2n) is 6.03. The first-order valence-corrected chi connectivity index (χ1v) is 10.8. The number of benzene rings is 1. The molecule has 2 N–H and O–H groups in total. The molecule has 0 bridgehead atoms. The molecular weight excluding hydrogens is 445 g/mol. The Morgan fingerprint density at radius 1 is 1.10 bits per heavy atom. The second-order valence-corrected chi connectivity index (χ2v) is 7.37. The molecule has 0 fully saturated rings. The van der Waals surface area contributed by atoms with E-state index >= 15 is 0 Å². The van der Waals surface area contributed by atoms with Gasteiger partial charge >= 0.3 is 51.4 Å². The Labute approximate surface area is 228 Å². The zero-order chi connectivity index (χ0) is 22.7. The van der Waals surface area contributed by atoms with Crippen LogP contribution in [0.4, 0.5) is 0 Å². The third kappa shape index (κ3) is 8.89. The summed E-state index contributed by atoms with van der Waals surface area (Å²) in [6.45, 7) is 7.71. The van der Waals surface area contributed by atoms with E-state index in [9.17, 15) is 4.21 Å². The summed E-state index contributed by atoms with van der Waals surface area (Å²) in [5, 5.41) is 15.4. The number of ether oxygens (including phenoxy) is 2. The summed E-state index contributed by atoms with van der Waals surface area (Å²) >= 11 is 0. The molecule has 1 aromatic carbocycles. The van der Waals surface area contributed by atoms with Gasteiger partial charge in [-0.15, -0.1) is 0 Å². The molecule has 1 unspecified atom stereocenters. The molecule has 1 atom stereocenters. The Morgan fingerprint density at radius 2 is 1.71 bits per heavy atom. The maximum Gasteiger partial charge on any atom is 1.00 e. The van der Waals surface area contributed by atoms with Crippen LogP contribution in [0.3, 0.4) is 0 Å². The number of aromatic nitrogens is 3. The molecule has 0 aliphatic rings. The number of nitrogens with zero attached hydrogens (tertiary/aromatic N) is 3. The van der Waals surface area contributed by atoms with Crippen molar-refractivity contribution in [3.8, 4) is 11.5 Å². The minimum absolute atomic E-state index is 0. The van der Waals surface area contributed by atoms with Crippen molar-refractivity contribution in [1.82, 2.24) is 15.0 Å². The van der Waals surface area contributed by atoms with Crippen LogP contribution in [0.15, 0.2) is 29.6 Å². The molecule has 0 aliphatic heterocycles. The molecule has 0 radical (unpaired) electrons. The molecule has 0 saturated carbocycles. The van der Waals surface area contributed by atoms with Crippen LogP contribution in [0.2, 0.25) is 0 Å². The SMILES string of the molecule is CCO.CCO.COc1ccc2[n-]c(S(=O)Cc3ncc(C)c(OC)c3C)nc2c1.[K+]. The third-order valence-corrected chi connectivity index (χ3v) is 4.96. The Bertz CT molecular complexity index is 964. The van der Waals surface area contributed by atoms with Crippen molar-refractivity contribution < 1.29 is 75.3 Å². The summed E-state index contributed by atoms with van der Waals surface area (Å²) < 4.78 is 23.2. The predicted octanol–water partition coefficient (Wildman–Crippen LogP) is -0.470. The Kier molecular flexibility index (Phi) is 15.4. The van der Waals surface area contributed by atoms with Crippen molar-refractivity contribution in [3.63, 3.8) is 0 Å². The Hall–Kier alpha value is -0.854. The summed E-state index contributed by atoms with van der Waals surface area (Å²) in [4.78, 5) is 13.1. The summed E-state index contributed by atoms with van der Waals surface area (Å²) in [7, 11) is 1.83. The van der Waals surface area contributed by atoms with Gasteiger partial charge in [-0.1, -0.05) is 6.07 Å². The van der Waals surface area contributed by atoms with Crippen molar-refractivity contribution in [2.24, 2.45) is 0 Å². The van der Waals surface area contributed by atoms with Gasteiger partial charge in [0.1, 0.15) is 11.5 Å². The van der Waals surface area contributed by atoms with Gasteiger partial charge in [0.2, 0.25) is 0 Å². The standard InChI is InChI=1S/C17H18N3O3S.2C2H6O.K/c1-10-8-18-15(11(2)16(10)23-4)9-24(21)17-19-13-6-5-12(22-3)7-14(13)20-17;2*1-2-3;/h5-8H,9H2,1-4H3;2*3H,2H2,1H3;/q-1;;;+1. The Morgan fingerprint density at radius 3 is 2.26 bits per heavy atom. The topological polar surface area (TPSA) is 116 Å². The first kappa shape index (κ1) is 30.1. The zero-order valence-electron chi connectivity index (χ0n) is 19.3. The van der Waals surface area contributed by atoms with Gasteiger partial charge in [0.05, 0.1) is 36.5 Å². The number of fused-ring (bicyclic) bond motifs is 1. The summed E-state index contributed by atoms with van der Waals surface area (Å²) in [6.07, 6.45) is 1.73. The minimum atomic E-state index is -1.38. The van der Waals surface area contributed by atoms with Gasteiger partial charge in [0.25, 0.3) is 0 Å². The fourth-order valence-electron chi connectivity index (χ4n) is 2.55. The average molecular weight is 476 g/mol. The maximum absolute atomic E-state index is 12.6. The van der Waals surface area contributed by atoms with Gasteiger partial charge in [-0.25, -0.2) is 0 Å². The number of methoxy groups -OCH3 is 2. The fourth-order valence-corrected chi connectivity index (χ4v) is 3.62. The van der Waals surface area contributed by atoms with Gasteiger partial charge in [-0.3, -0.25) is 9.19 Å². The quantitative estimate of drug-likeness (QED) is 0.476. The molecule has 2 aromatic heterocycles. The van der Waals surface area contributed by atoms with Gasteiger partial charge in [0, 0.05) is 35.7 Å². The van der Waals surface area contributed by atoms with Gasteiger partial charge in [-0.05, 0) is 50.9 Å². The molecule has 3 rings (SSSR count). The number of hydrogen-bond acceptors (Lipinski definition) is 7. The molecule has 2 heterocycles. The number of aryl methyl sites for hydroxylation is 1.